The number of rotatable bonds is 14. The summed E-state index contributed by atoms with van der Waals surface area (Å²) in [7, 11) is -6.25. The van der Waals surface area contributed by atoms with E-state index in [1.165, 1.54) is 70.3 Å². The van der Waals surface area contributed by atoms with Crippen LogP contribution >= 0.6 is 0 Å². The molecule has 0 amide bonds. The first kappa shape index (κ1) is 72.5. The van der Waals surface area contributed by atoms with Crippen LogP contribution < -0.4 is 5.11 Å². The lowest BCUT2D eigenvalue weighted by molar-refractivity contribution is -0.268. The zero-order valence-electron chi connectivity index (χ0n) is 51.9. The van der Waals surface area contributed by atoms with Crippen LogP contribution in [0.4, 0.5) is 39.5 Å². The highest BCUT2D eigenvalue weighted by atomic mass is 32.2. The number of carboxylic acid groups (broad SMARTS) is 1. The van der Waals surface area contributed by atoms with Gasteiger partial charge in [-0.15, -0.1) is 0 Å². The number of benzene rings is 10. The van der Waals surface area contributed by atoms with Crippen molar-refractivity contribution in [2.24, 2.45) is 23.2 Å². The molecule has 10 aromatic rings. The molecule has 21 heteroatoms. The molecule has 0 aromatic heterocycles. The number of aryl methyl sites for hydroxylation is 1. The second-order valence-electron chi connectivity index (χ2n) is 23.1. The normalized spacial score (nSPS) is 16.7. The molecule has 0 spiro atoms. The lowest BCUT2D eigenvalue weighted by Crippen LogP contribution is -2.50. The van der Waals surface area contributed by atoms with E-state index in [1.807, 2.05) is 66.7 Å². The minimum absolute atomic E-state index is 0.0146. The van der Waals surface area contributed by atoms with Crippen molar-refractivity contribution in [3.8, 4) is 5.75 Å². The Bertz CT molecular complexity index is 4100. The van der Waals surface area contributed by atoms with Crippen molar-refractivity contribution in [3.05, 3.63) is 300 Å². The summed E-state index contributed by atoms with van der Waals surface area (Å²) in [6.07, 6.45) is 2.04. The summed E-state index contributed by atoms with van der Waals surface area (Å²) in [5.41, 5.74) is -0.532. The summed E-state index contributed by atoms with van der Waals surface area (Å²) >= 11 is 0. The van der Waals surface area contributed by atoms with E-state index in [-0.39, 0.29) is 44.2 Å². The number of alkyl halides is 3. The van der Waals surface area contributed by atoms with Gasteiger partial charge in [-0.3, -0.25) is 4.79 Å². The molecule has 1 N–H and O–H groups in total. The summed E-state index contributed by atoms with van der Waals surface area (Å²) in [6, 6.07) is 72.5. The van der Waals surface area contributed by atoms with Crippen LogP contribution in [-0.2, 0) is 58.5 Å². The number of para-hydroxylation sites is 1. The van der Waals surface area contributed by atoms with Crippen molar-refractivity contribution in [1.82, 2.24) is 0 Å². The molecule has 4 fully saturated rings. The minimum atomic E-state index is -4.34. The molecular weight excluding hydrogens is 1340 g/mol. The number of hydrogen-bond donors (Lipinski definition) is 1. The van der Waals surface area contributed by atoms with E-state index in [0.717, 1.165) is 53.3 Å². The van der Waals surface area contributed by atoms with Crippen LogP contribution in [0, 0.1) is 65.0 Å². The van der Waals surface area contributed by atoms with Gasteiger partial charge in [-0.25, -0.2) is 39.6 Å². The molecule has 4 aliphatic rings. The number of esters is 1. The predicted octanol–water partition coefficient (Wildman–Crippen LogP) is 18.3. The van der Waals surface area contributed by atoms with Crippen LogP contribution in [-0.4, -0.2) is 42.4 Å². The highest BCUT2D eigenvalue weighted by Crippen LogP contribution is 2.60. The molecule has 4 aliphatic carbocycles. The van der Waals surface area contributed by atoms with Crippen molar-refractivity contribution in [3.63, 3.8) is 0 Å². The van der Waals surface area contributed by atoms with Crippen molar-refractivity contribution in [1.29, 1.82) is 0 Å². The number of hydrogen-bond acceptors (Lipinski definition) is 7. The smallest absolute Gasteiger partial charge is 0.416 e. The number of carbonyl (C=O) groups excluding carboxylic acids is 1. The van der Waals surface area contributed by atoms with Gasteiger partial charge < -0.3 is 19.5 Å². The van der Waals surface area contributed by atoms with E-state index in [0.29, 0.717) is 33.1 Å². The fourth-order valence-electron chi connectivity index (χ4n) is 12.3. The lowest BCUT2D eigenvalue weighted by atomic mass is 9.49. The van der Waals surface area contributed by atoms with Gasteiger partial charge in [0.2, 0.25) is 0 Å². The molecule has 0 saturated heterocycles. The summed E-state index contributed by atoms with van der Waals surface area (Å²) < 4.78 is 157. The van der Waals surface area contributed by atoms with Crippen LogP contribution in [0.2, 0.25) is 0 Å². The van der Waals surface area contributed by atoms with Gasteiger partial charge in [-0.1, -0.05) is 133 Å². The molecule has 14 rings (SSSR count). The molecule has 0 radical (unpaired) electrons. The Balaban J connectivity index is 0.000000145. The van der Waals surface area contributed by atoms with E-state index in [1.54, 1.807) is 37.3 Å². The van der Waals surface area contributed by atoms with Crippen molar-refractivity contribution in [2.45, 2.75) is 95.7 Å². The number of carboxylic acids is 1. The number of halogens is 9. The maximum absolute atomic E-state index is 13.6. The number of ether oxygens (including phenoxy) is 1. The van der Waals surface area contributed by atoms with Gasteiger partial charge in [0.1, 0.15) is 6.61 Å². The molecule has 0 heterocycles. The van der Waals surface area contributed by atoms with E-state index in [9.17, 15) is 67.2 Å². The van der Waals surface area contributed by atoms with Gasteiger partial charge in [0.15, 0.2) is 79.0 Å². The first-order valence-electron chi connectivity index (χ1n) is 30.5. The van der Waals surface area contributed by atoms with Gasteiger partial charge in [-0.05, 0) is 160 Å². The van der Waals surface area contributed by atoms with E-state index in [2.05, 4.69) is 91.0 Å². The van der Waals surface area contributed by atoms with Crippen LogP contribution in [0.3, 0.4) is 0 Å². The summed E-state index contributed by atoms with van der Waals surface area (Å²) in [6.45, 7) is 1.41. The molecule has 0 aliphatic heterocycles. The first-order chi connectivity index (χ1) is 46.4. The molecular formula is C76H64F9O8S4+. The monoisotopic (exact) mass is 1400 g/mol. The standard InChI is InChI=1S/C20H16F3S.C18H9F6S.C18H15S.C13H20O5S.C7H6O3/c1-15-12-16(20(21,22)23)14-19(13-15)24(17-8-4-2-5-9-17)18-10-6-3-7-11-18;19-13-6-11(7-14(20)17(13)23)25(10-4-2-1-3-5-10)12-8-15(21)18(24)16(22)9-12;1-4-10-16(11-5-1)19(17-12-6-2-7-13-17)18-14-8-3-9-15-18;14-12(18-1-2-19(15,16)17)13-6-9-3-10(7-13)5-11(4-9)8-13;8-6-4-2-1-3-5(6)7(9)10/h2-14H,1H3;1-9H;1-15H;9-11H,1-8H2,(H,15,16,17);1-4,8H,(H,9,10)/q3*+1;;/p-2. The van der Waals surface area contributed by atoms with E-state index in [4.69, 9.17) is 9.84 Å². The molecule has 0 unspecified atom stereocenters. The summed E-state index contributed by atoms with van der Waals surface area (Å²) in [5.74, 6) is -9.57. The maximum atomic E-state index is 13.6. The molecule has 4 bridgehead atoms. The molecule has 0 atom stereocenters. The Morgan fingerprint density at radius 1 is 0.474 bits per heavy atom. The second kappa shape index (κ2) is 33.0. The maximum Gasteiger partial charge on any atom is 0.416 e. The van der Waals surface area contributed by atoms with Crippen LogP contribution in [0.5, 0.6) is 5.75 Å². The minimum Gasteiger partial charge on any atom is -0.872 e. The fraction of sp³-hybridized carbons (Fsp3) is 0.184. The average Bonchev–Trinajstić information content (AvgIpc) is 0.748. The molecule has 502 valence electrons. The number of aromatic carboxylic acids is 1. The quantitative estimate of drug-likeness (QED) is 0.0373. The van der Waals surface area contributed by atoms with E-state index < -0.39 is 96.0 Å². The Labute approximate surface area is 565 Å². The summed E-state index contributed by atoms with van der Waals surface area (Å²) in [5, 5.41) is 19.0. The Hall–Kier alpha value is -8.73. The molecule has 4 saturated carbocycles. The third-order valence-corrected chi connectivity index (χ3v) is 23.3. The Morgan fingerprint density at radius 3 is 1.07 bits per heavy atom. The SMILES string of the molecule is Cc1cc([S+](c2ccccc2)c2ccccc2)cc(C(F)(F)F)c1.Fc1cc([S+](c2ccccc2)c2cc(F)c(F)c(F)c2)cc(F)c1F.O=C(O)c1ccccc1[O-].O=C(OCCS(=O)(=O)[O-])C12CC3CC(CC(C3)C1)C2.c1ccc([S+](c2ccccc2)c2ccccc2)cc1. The van der Waals surface area contributed by atoms with Gasteiger partial charge >= 0.3 is 18.1 Å². The first-order valence-corrected chi connectivity index (χ1v) is 35.7. The molecule has 10 aromatic carbocycles. The van der Waals surface area contributed by atoms with Crippen molar-refractivity contribution < 1.29 is 77.0 Å². The Morgan fingerprint density at radius 2 is 0.773 bits per heavy atom. The largest absolute Gasteiger partial charge is 0.872 e. The second-order valence-corrected chi connectivity index (χ2v) is 30.7. The van der Waals surface area contributed by atoms with Gasteiger partial charge in [0.05, 0.1) is 65.1 Å². The fourth-order valence-corrected chi connectivity index (χ4v) is 19.0. The average molecular weight is 1400 g/mol. The number of carbonyl (C=O) groups is 2. The molecule has 97 heavy (non-hydrogen) atoms. The van der Waals surface area contributed by atoms with E-state index >= 15 is 0 Å². The van der Waals surface area contributed by atoms with Gasteiger partial charge in [0, 0.05) is 30.3 Å². The van der Waals surface area contributed by atoms with Crippen LogP contribution in [0.15, 0.2) is 293 Å². The third kappa shape index (κ3) is 19.5. The molecule has 8 nitrogen and oxygen atoms in total. The third-order valence-electron chi connectivity index (χ3n) is 16.0. The van der Waals surface area contributed by atoms with Crippen molar-refractivity contribution >= 4 is 54.7 Å². The highest BCUT2D eigenvalue weighted by Gasteiger charge is 2.55. The summed E-state index contributed by atoms with van der Waals surface area (Å²) in [4.78, 5) is 29.7. The van der Waals surface area contributed by atoms with Crippen LogP contribution in [0.1, 0.15) is 60.0 Å². The van der Waals surface area contributed by atoms with Gasteiger partial charge in [-0.2, -0.15) is 13.2 Å². The predicted molar refractivity (Wildman–Crippen MR) is 353 cm³/mol. The zero-order chi connectivity index (χ0) is 69.4. The Kier molecular flexibility index (Phi) is 24.7. The van der Waals surface area contributed by atoms with Crippen LogP contribution in [0.25, 0.3) is 0 Å². The lowest BCUT2D eigenvalue weighted by Gasteiger charge is -2.55. The van der Waals surface area contributed by atoms with Crippen molar-refractivity contribution in [2.75, 3.05) is 12.4 Å². The highest BCUT2D eigenvalue weighted by molar-refractivity contribution is 7.97. The van der Waals surface area contributed by atoms with Gasteiger partial charge in [0.25, 0.3) is 0 Å². The zero-order valence-corrected chi connectivity index (χ0v) is 55.2. The topological polar surface area (TPSA) is 144 Å².